The number of benzene rings is 2. The normalized spacial score (nSPS) is 14.2. The number of carbonyl (C=O) groups excluding carboxylic acids is 1. The summed E-state index contributed by atoms with van der Waals surface area (Å²) < 4.78 is 81.0. The molecule has 3 nitrogen and oxygen atoms in total. The van der Waals surface area contributed by atoms with Crippen LogP contribution in [-0.4, -0.2) is 31.3 Å². The van der Waals surface area contributed by atoms with Crippen LogP contribution >= 0.6 is 0 Å². The van der Waals surface area contributed by atoms with Crippen molar-refractivity contribution in [1.29, 1.82) is 0 Å². The van der Waals surface area contributed by atoms with Crippen molar-refractivity contribution < 1.29 is 36.2 Å². The molecule has 0 saturated carbocycles. The van der Waals surface area contributed by atoms with Crippen LogP contribution in [0.5, 0.6) is 5.75 Å². The van der Waals surface area contributed by atoms with E-state index in [1.807, 2.05) is 0 Å². The summed E-state index contributed by atoms with van der Waals surface area (Å²) in [6.07, 6.45) is -3.75. The van der Waals surface area contributed by atoms with Crippen LogP contribution in [0.15, 0.2) is 60.7 Å². The molecule has 2 aromatic carbocycles. The molecule has 0 spiro atoms. The van der Waals surface area contributed by atoms with E-state index in [2.05, 4.69) is 6.58 Å². The van der Waals surface area contributed by atoms with E-state index in [0.717, 1.165) is 0 Å². The fourth-order valence-corrected chi connectivity index (χ4v) is 3.96. The number of allylic oxidation sites excluding steroid dienone is 2. The van der Waals surface area contributed by atoms with E-state index in [1.165, 1.54) is 18.2 Å². The van der Waals surface area contributed by atoms with Gasteiger partial charge in [0.05, 0.1) is 13.2 Å². The van der Waals surface area contributed by atoms with Gasteiger partial charge in [-0.1, -0.05) is 43.0 Å². The Labute approximate surface area is 201 Å². The number of carbonyl (C=O) groups is 1. The first-order chi connectivity index (χ1) is 16.5. The Morgan fingerprint density at radius 1 is 0.971 bits per heavy atom. The summed E-state index contributed by atoms with van der Waals surface area (Å²) in [5, 5.41) is 0. The summed E-state index contributed by atoms with van der Waals surface area (Å²) >= 11 is 0. The van der Waals surface area contributed by atoms with Gasteiger partial charge in [-0.2, -0.15) is 22.0 Å². The van der Waals surface area contributed by atoms with E-state index in [1.54, 1.807) is 37.3 Å². The van der Waals surface area contributed by atoms with Crippen LogP contribution in [0.25, 0.3) is 11.1 Å². The van der Waals surface area contributed by atoms with Gasteiger partial charge in [0, 0.05) is 11.1 Å². The molecule has 0 fully saturated rings. The zero-order chi connectivity index (χ0) is 25.6. The van der Waals surface area contributed by atoms with Crippen molar-refractivity contribution >= 4 is 17.1 Å². The molecule has 1 aliphatic rings. The molecule has 0 saturated heterocycles. The van der Waals surface area contributed by atoms with Crippen molar-refractivity contribution in [1.82, 2.24) is 0 Å². The molecule has 0 bridgehead atoms. The number of alkyl halides is 5. The fraction of sp³-hybridized carbons (Fsp3) is 0.370. The molecule has 0 atom stereocenters. The average molecular weight is 495 g/mol. The predicted molar refractivity (Wildman–Crippen MR) is 124 cm³/mol. The van der Waals surface area contributed by atoms with Gasteiger partial charge in [-0.15, -0.1) is 0 Å². The Morgan fingerprint density at radius 2 is 1.66 bits per heavy atom. The minimum absolute atomic E-state index is 0.00431. The molecule has 188 valence electrons. The number of ether oxygens (including phenoxy) is 2. The lowest BCUT2D eigenvalue weighted by atomic mass is 9.88. The largest absolute Gasteiger partial charge is 0.494 e. The number of unbranched alkanes of at least 4 members (excludes halogenated alkanes) is 1. The molecule has 0 aromatic heterocycles. The van der Waals surface area contributed by atoms with Crippen LogP contribution in [0.2, 0.25) is 0 Å². The van der Waals surface area contributed by atoms with Gasteiger partial charge in [0.25, 0.3) is 0 Å². The molecule has 8 heteroatoms. The smallest absolute Gasteiger partial charge is 0.458 e. The maximum Gasteiger partial charge on any atom is 0.458 e. The quantitative estimate of drug-likeness (QED) is 0.158. The van der Waals surface area contributed by atoms with Gasteiger partial charge in [-0.3, -0.25) is 0 Å². The van der Waals surface area contributed by atoms with Crippen molar-refractivity contribution in [3.63, 3.8) is 0 Å². The minimum Gasteiger partial charge on any atom is -0.494 e. The number of esters is 1. The molecular weight excluding hydrogens is 467 g/mol. The number of hydrogen-bond acceptors (Lipinski definition) is 3. The highest BCUT2D eigenvalue weighted by atomic mass is 19.4. The number of rotatable bonds is 9. The molecule has 2 aromatic rings. The highest BCUT2D eigenvalue weighted by Crippen LogP contribution is 2.51. The summed E-state index contributed by atoms with van der Waals surface area (Å²) in [5.41, 5.74) is -0.0390. The zero-order valence-electron chi connectivity index (χ0n) is 19.4. The van der Waals surface area contributed by atoms with Crippen LogP contribution in [-0.2, 0) is 16.0 Å². The Balaban J connectivity index is 1.83. The van der Waals surface area contributed by atoms with E-state index >= 15 is 0 Å². The van der Waals surface area contributed by atoms with Gasteiger partial charge in [0.15, 0.2) is 0 Å². The second-order valence-electron chi connectivity index (χ2n) is 8.44. The summed E-state index contributed by atoms with van der Waals surface area (Å²) in [5.74, 6) is -5.09. The molecule has 0 unspecified atom stereocenters. The minimum atomic E-state index is -5.73. The Bertz CT molecular complexity index is 1090. The van der Waals surface area contributed by atoms with Crippen molar-refractivity contribution in [2.45, 2.75) is 51.1 Å². The maximum absolute atomic E-state index is 14.9. The third-order valence-corrected chi connectivity index (χ3v) is 5.70. The highest BCUT2D eigenvalue weighted by Gasteiger charge is 2.61. The first kappa shape index (κ1) is 26.4. The molecule has 0 amide bonds. The average Bonchev–Trinajstić information content (AvgIpc) is 3.00. The van der Waals surface area contributed by atoms with Crippen molar-refractivity contribution in [2.75, 3.05) is 13.2 Å². The lowest BCUT2D eigenvalue weighted by molar-refractivity contribution is -0.253. The van der Waals surface area contributed by atoms with Crippen LogP contribution in [0, 0.1) is 0 Å². The van der Waals surface area contributed by atoms with Gasteiger partial charge < -0.3 is 9.47 Å². The maximum atomic E-state index is 14.9. The topological polar surface area (TPSA) is 35.5 Å². The van der Waals surface area contributed by atoms with E-state index in [-0.39, 0.29) is 30.8 Å². The Hall–Kier alpha value is -3.16. The first-order valence-corrected chi connectivity index (χ1v) is 11.3. The highest BCUT2D eigenvalue weighted by molar-refractivity contribution is 5.95. The Morgan fingerprint density at radius 3 is 2.31 bits per heavy atom. The first-order valence-electron chi connectivity index (χ1n) is 11.3. The van der Waals surface area contributed by atoms with Crippen LogP contribution in [0.4, 0.5) is 22.0 Å². The van der Waals surface area contributed by atoms with Crippen LogP contribution in [0.3, 0.4) is 0 Å². The van der Waals surface area contributed by atoms with Crippen molar-refractivity contribution in [3.05, 3.63) is 77.4 Å². The van der Waals surface area contributed by atoms with E-state index < -0.39 is 23.6 Å². The van der Waals surface area contributed by atoms with Crippen LogP contribution < -0.4 is 4.74 Å². The molecule has 0 radical (unpaired) electrons. The lowest BCUT2D eigenvalue weighted by Gasteiger charge is -2.26. The molecule has 0 N–H and O–H groups in total. The molecular formula is C27H27F5O3. The molecule has 3 rings (SSSR count). The third-order valence-electron chi connectivity index (χ3n) is 5.70. The second-order valence-corrected chi connectivity index (χ2v) is 8.44. The van der Waals surface area contributed by atoms with Gasteiger partial charge >= 0.3 is 18.1 Å². The molecule has 35 heavy (non-hydrogen) atoms. The Kier molecular flexibility index (Phi) is 8.35. The number of halogens is 5. The molecule has 0 aliphatic heterocycles. The monoisotopic (exact) mass is 494 g/mol. The predicted octanol–water partition coefficient (Wildman–Crippen LogP) is 7.41. The summed E-state index contributed by atoms with van der Waals surface area (Å²) in [7, 11) is 0. The van der Waals surface area contributed by atoms with Crippen molar-refractivity contribution in [3.8, 4) is 5.75 Å². The van der Waals surface area contributed by atoms with Gasteiger partial charge in [0.1, 0.15) is 5.75 Å². The third kappa shape index (κ3) is 6.29. The summed E-state index contributed by atoms with van der Waals surface area (Å²) in [6, 6.07) is 12.3. The zero-order valence-corrected chi connectivity index (χ0v) is 19.4. The standard InChI is InChI=1S/C27H27F5O3/c1-18(2)25(33)35-16-7-6-15-34-21-13-14-23-20(17-21)11-8-12-22(19-9-4-3-5-10-19)24(23)26(28,29)27(30,31)32/h3-5,9-10,13-14,17H,1,6-8,11-12,15-16H2,2H3. The van der Waals surface area contributed by atoms with E-state index in [4.69, 9.17) is 9.47 Å². The van der Waals surface area contributed by atoms with E-state index in [9.17, 15) is 26.7 Å². The summed E-state index contributed by atoms with van der Waals surface area (Å²) in [6.45, 7) is 5.54. The lowest BCUT2D eigenvalue weighted by Crippen LogP contribution is -2.38. The SMILES string of the molecule is C=C(C)C(=O)OCCCCOc1ccc2c(c1)CCCC(c1ccccc1)=C2C(F)(F)C(F)(F)F. The number of hydrogen-bond donors (Lipinski definition) is 0. The molecule has 0 heterocycles. The second kappa shape index (κ2) is 11.1. The fourth-order valence-electron chi connectivity index (χ4n) is 3.96. The van der Waals surface area contributed by atoms with Gasteiger partial charge in [-0.05, 0) is 73.4 Å². The number of fused-ring (bicyclic) bond motifs is 1. The van der Waals surface area contributed by atoms with Gasteiger partial charge in [0.2, 0.25) is 0 Å². The molecule has 1 aliphatic carbocycles. The summed E-state index contributed by atoms with van der Waals surface area (Å²) in [4.78, 5) is 11.4. The van der Waals surface area contributed by atoms with Crippen molar-refractivity contribution in [2.24, 2.45) is 0 Å². The number of aryl methyl sites for hydroxylation is 1. The van der Waals surface area contributed by atoms with E-state index in [0.29, 0.717) is 48.1 Å². The van der Waals surface area contributed by atoms with Crippen LogP contribution in [0.1, 0.15) is 49.3 Å². The van der Waals surface area contributed by atoms with Gasteiger partial charge in [-0.25, -0.2) is 4.79 Å².